The molecule has 0 fully saturated rings. The van der Waals surface area contributed by atoms with Crippen molar-refractivity contribution in [1.29, 1.82) is 0 Å². The molecule has 0 atom stereocenters. The average molecular weight is 666 g/mol. The molecule has 0 spiro atoms. The molecule has 2 heterocycles. The molecular weight excluding hydrogens is 635 g/mol. The highest BCUT2D eigenvalue weighted by atomic mass is 32.1. The second kappa shape index (κ2) is 12.2. The molecule has 238 valence electrons. The van der Waals surface area contributed by atoms with Crippen molar-refractivity contribution in [2.75, 3.05) is 0 Å². The van der Waals surface area contributed by atoms with E-state index in [-0.39, 0.29) is 0 Å². The van der Waals surface area contributed by atoms with E-state index in [1.54, 1.807) is 0 Å². The molecule has 51 heavy (non-hydrogen) atoms. The third-order valence-electron chi connectivity index (χ3n) is 10.0. The Bertz CT molecular complexity index is 2830. The normalized spacial score (nSPS) is 11.5. The van der Waals surface area contributed by atoms with E-state index >= 15 is 0 Å². The lowest BCUT2D eigenvalue weighted by Crippen LogP contribution is -1.90. The van der Waals surface area contributed by atoms with Gasteiger partial charge in [-0.2, -0.15) is 0 Å². The van der Waals surface area contributed by atoms with Gasteiger partial charge in [-0.3, -0.25) is 0 Å². The van der Waals surface area contributed by atoms with Gasteiger partial charge in [0.25, 0.3) is 0 Å². The van der Waals surface area contributed by atoms with E-state index in [1.807, 2.05) is 11.3 Å². The summed E-state index contributed by atoms with van der Waals surface area (Å²) in [5.41, 5.74) is 12.9. The highest BCUT2D eigenvalue weighted by molar-refractivity contribution is 7.26. The van der Waals surface area contributed by atoms with Crippen molar-refractivity contribution in [3.05, 3.63) is 188 Å². The summed E-state index contributed by atoms with van der Waals surface area (Å²) < 4.78 is 2.60. The number of para-hydroxylation sites is 1. The minimum atomic E-state index is 1.02. The zero-order valence-corrected chi connectivity index (χ0v) is 28.6. The lowest BCUT2D eigenvalue weighted by molar-refractivity contribution is 1.43. The van der Waals surface area contributed by atoms with Gasteiger partial charge in [-0.15, -0.1) is 11.3 Å². The van der Waals surface area contributed by atoms with Gasteiger partial charge in [-0.05, 0) is 80.9 Å². The first-order valence-electron chi connectivity index (χ1n) is 17.4. The fraction of sp³-hybridized carbons (Fsp3) is 0. The van der Waals surface area contributed by atoms with E-state index in [0.717, 1.165) is 16.8 Å². The highest BCUT2D eigenvalue weighted by Gasteiger charge is 2.18. The number of thiophene rings is 1. The van der Waals surface area contributed by atoms with E-state index in [9.17, 15) is 0 Å². The lowest BCUT2D eigenvalue weighted by Gasteiger charge is -2.13. The monoisotopic (exact) mass is 665 g/mol. The Morgan fingerprint density at radius 3 is 1.57 bits per heavy atom. The molecule has 0 unspecified atom stereocenters. The maximum Gasteiger partial charge on any atom is 0.0788 e. The van der Waals surface area contributed by atoms with Gasteiger partial charge < -0.3 is 0 Å². The predicted molar refractivity (Wildman–Crippen MR) is 219 cm³/mol. The maximum atomic E-state index is 5.20. The predicted octanol–water partition coefficient (Wildman–Crippen LogP) is 14.1. The van der Waals surface area contributed by atoms with Gasteiger partial charge in [0.15, 0.2) is 0 Å². The second-order valence-electron chi connectivity index (χ2n) is 13.1. The zero-order valence-electron chi connectivity index (χ0n) is 27.8. The maximum absolute atomic E-state index is 5.20. The molecule has 10 rings (SSSR count). The number of pyridine rings is 1. The third kappa shape index (κ3) is 5.12. The fourth-order valence-corrected chi connectivity index (χ4v) is 8.87. The molecule has 0 saturated carbocycles. The quantitative estimate of drug-likeness (QED) is 0.167. The van der Waals surface area contributed by atoms with Gasteiger partial charge in [0.1, 0.15) is 0 Å². The Morgan fingerprint density at radius 2 is 0.863 bits per heavy atom. The molecule has 0 aliphatic carbocycles. The van der Waals surface area contributed by atoms with Crippen LogP contribution in [0.5, 0.6) is 0 Å². The van der Waals surface area contributed by atoms with Gasteiger partial charge >= 0.3 is 0 Å². The van der Waals surface area contributed by atoms with E-state index in [4.69, 9.17) is 4.98 Å². The van der Waals surface area contributed by atoms with Crippen LogP contribution in [0.3, 0.4) is 0 Å². The highest BCUT2D eigenvalue weighted by Crippen LogP contribution is 2.46. The van der Waals surface area contributed by atoms with E-state index in [0.29, 0.717) is 0 Å². The number of fused-ring (bicyclic) bond motifs is 7. The third-order valence-corrected chi connectivity index (χ3v) is 11.2. The molecule has 10 aromatic rings. The van der Waals surface area contributed by atoms with E-state index in [1.165, 1.54) is 80.8 Å². The van der Waals surface area contributed by atoms with Crippen LogP contribution in [0.2, 0.25) is 0 Å². The smallest absolute Gasteiger partial charge is 0.0788 e. The zero-order chi connectivity index (χ0) is 33.7. The summed E-state index contributed by atoms with van der Waals surface area (Å²) >= 11 is 1.89. The Labute approximate surface area is 300 Å². The summed E-state index contributed by atoms with van der Waals surface area (Å²) in [5, 5.41) is 6.25. The summed E-state index contributed by atoms with van der Waals surface area (Å²) in [6.07, 6.45) is 0. The van der Waals surface area contributed by atoms with Crippen LogP contribution in [-0.2, 0) is 0 Å². The molecule has 2 aromatic heterocycles. The van der Waals surface area contributed by atoms with Crippen LogP contribution in [0, 0.1) is 0 Å². The van der Waals surface area contributed by atoms with Crippen LogP contribution in [0.1, 0.15) is 0 Å². The summed E-state index contributed by atoms with van der Waals surface area (Å²) in [6, 6.07) is 68.0. The molecular formula is C49H31NS. The lowest BCUT2D eigenvalue weighted by atomic mass is 9.92. The Hall–Kier alpha value is -6.35. The molecule has 0 amide bonds. The summed E-state index contributed by atoms with van der Waals surface area (Å²) in [4.78, 5) is 5.20. The van der Waals surface area contributed by atoms with Crippen molar-refractivity contribution in [3.8, 4) is 55.8 Å². The van der Waals surface area contributed by atoms with Gasteiger partial charge in [0, 0.05) is 41.9 Å². The summed E-state index contributed by atoms with van der Waals surface area (Å²) in [7, 11) is 0. The SMILES string of the molecule is c1ccc(-c2cc(-c3ccccc3)cc(-c3cccc(-c4cccc5c4sc4ccc6c(-c7ccccc7)nc7ccccc7c6c45)c3)c2)cc1. The summed E-state index contributed by atoms with van der Waals surface area (Å²) in [6.45, 7) is 0. The van der Waals surface area contributed by atoms with E-state index in [2.05, 4.69) is 188 Å². The molecule has 0 radical (unpaired) electrons. The minimum absolute atomic E-state index is 1.02. The molecule has 0 N–H and O–H groups in total. The molecule has 8 aromatic carbocycles. The first kappa shape index (κ1) is 29.6. The van der Waals surface area contributed by atoms with Gasteiger partial charge in [-0.25, -0.2) is 4.98 Å². The molecule has 0 aliphatic heterocycles. The van der Waals surface area contributed by atoms with Crippen LogP contribution in [-0.4, -0.2) is 4.98 Å². The second-order valence-corrected chi connectivity index (χ2v) is 14.2. The average Bonchev–Trinajstić information content (AvgIpc) is 3.60. The molecule has 0 bridgehead atoms. The van der Waals surface area contributed by atoms with Crippen molar-refractivity contribution < 1.29 is 0 Å². The van der Waals surface area contributed by atoms with Crippen molar-refractivity contribution in [3.63, 3.8) is 0 Å². The number of hydrogen-bond acceptors (Lipinski definition) is 2. The number of benzene rings is 8. The topological polar surface area (TPSA) is 12.9 Å². The van der Waals surface area contributed by atoms with Crippen LogP contribution < -0.4 is 0 Å². The summed E-state index contributed by atoms with van der Waals surface area (Å²) in [5.74, 6) is 0. The number of rotatable bonds is 5. The van der Waals surface area contributed by atoms with Crippen LogP contribution in [0.15, 0.2) is 188 Å². The van der Waals surface area contributed by atoms with E-state index < -0.39 is 0 Å². The van der Waals surface area contributed by atoms with Crippen LogP contribution in [0.4, 0.5) is 0 Å². The largest absolute Gasteiger partial charge is 0.247 e. The van der Waals surface area contributed by atoms with Gasteiger partial charge in [0.05, 0.1) is 11.2 Å². The Kier molecular flexibility index (Phi) is 7.07. The first-order chi connectivity index (χ1) is 25.3. The Morgan fingerprint density at radius 1 is 0.333 bits per heavy atom. The molecule has 0 saturated heterocycles. The van der Waals surface area contributed by atoms with Crippen LogP contribution >= 0.6 is 11.3 Å². The van der Waals surface area contributed by atoms with Gasteiger partial charge in [0.2, 0.25) is 0 Å². The van der Waals surface area contributed by atoms with Crippen molar-refractivity contribution >= 4 is 53.2 Å². The molecule has 0 aliphatic rings. The van der Waals surface area contributed by atoms with Crippen molar-refractivity contribution in [2.45, 2.75) is 0 Å². The minimum Gasteiger partial charge on any atom is -0.247 e. The Balaban J connectivity index is 1.17. The number of aromatic nitrogens is 1. The number of hydrogen-bond donors (Lipinski definition) is 0. The van der Waals surface area contributed by atoms with Crippen molar-refractivity contribution in [1.82, 2.24) is 4.98 Å². The van der Waals surface area contributed by atoms with Crippen LogP contribution in [0.25, 0.3) is 97.6 Å². The van der Waals surface area contributed by atoms with Crippen molar-refractivity contribution in [2.24, 2.45) is 0 Å². The van der Waals surface area contributed by atoms with Gasteiger partial charge in [-0.1, -0.05) is 152 Å². The molecule has 1 nitrogen and oxygen atoms in total. The number of nitrogens with zero attached hydrogens (tertiary/aromatic N) is 1. The molecule has 2 heteroatoms. The standard InChI is InChI=1S/C49H31NS/c1-4-14-32(15-5-1)37-29-38(33-16-6-2-7-17-33)31-39(30-37)35-20-12-21-36(28-35)40-23-13-24-43-47-45(51-49(40)43)27-26-42-46(47)41-22-10-11-25-44(41)50-48(42)34-18-8-3-9-19-34/h1-31H. The first-order valence-corrected chi connectivity index (χ1v) is 18.2. The fourth-order valence-electron chi connectivity index (χ4n) is 7.63.